The third kappa shape index (κ3) is 3.49. The third-order valence-corrected chi connectivity index (χ3v) is 6.59. The van der Waals surface area contributed by atoms with Gasteiger partial charge in [-0.25, -0.2) is 0 Å². The van der Waals surface area contributed by atoms with Gasteiger partial charge in [0.2, 0.25) is 0 Å². The van der Waals surface area contributed by atoms with Crippen molar-refractivity contribution in [1.82, 2.24) is 0 Å². The molecule has 0 radical (unpaired) electrons. The first-order valence-corrected chi connectivity index (χ1v) is 8.42. The van der Waals surface area contributed by atoms with Gasteiger partial charge in [-0.15, -0.1) is 11.3 Å². The zero-order valence-electron chi connectivity index (χ0n) is 12.0. The first-order valence-electron chi connectivity index (χ1n) is 6.69. The molecule has 0 aliphatic rings. The van der Waals surface area contributed by atoms with E-state index in [0.29, 0.717) is 10.7 Å². The molecule has 0 saturated carbocycles. The Balaban J connectivity index is 2.20. The number of halogens is 1. The van der Waals surface area contributed by atoms with E-state index in [0.717, 1.165) is 0 Å². The van der Waals surface area contributed by atoms with Crippen molar-refractivity contribution in [3.63, 3.8) is 0 Å². The average molecular weight is 337 g/mol. The number of alkyl halides is 1. The maximum absolute atomic E-state index is 3.88. The summed E-state index contributed by atoms with van der Waals surface area (Å²) in [5.41, 5.74) is 1.63. The topological polar surface area (TPSA) is 0 Å². The van der Waals surface area contributed by atoms with Gasteiger partial charge >= 0.3 is 0 Å². The first kappa shape index (κ1) is 14.8. The first-order chi connectivity index (χ1) is 8.89. The molecule has 2 rings (SSSR count). The van der Waals surface area contributed by atoms with Crippen LogP contribution >= 0.6 is 27.3 Å². The molecule has 0 spiro atoms. The van der Waals surface area contributed by atoms with Crippen LogP contribution in [-0.2, 0) is 5.41 Å². The van der Waals surface area contributed by atoms with E-state index in [4.69, 9.17) is 0 Å². The van der Waals surface area contributed by atoms with Gasteiger partial charge in [0, 0.05) is 9.75 Å². The minimum absolute atomic E-state index is 0.242. The highest BCUT2D eigenvalue weighted by molar-refractivity contribution is 9.09. The molecule has 102 valence electrons. The van der Waals surface area contributed by atoms with Crippen LogP contribution in [0.4, 0.5) is 0 Å². The summed E-state index contributed by atoms with van der Waals surface area (Å²) in [5.74, 6) is 0.479. The molecular weight excluding hydrogens is 316 g/mol. The Bertz CT molecular complexity index is 522. The van der Waals surface area contributed by atoms with E-state index in [9.17, 15) is 0 Å². The van der Waals surface area contributed by atoms with Crippen LogP contribution in [0.2, 0.25) is 0 Å². The lowest BCUT2D eigenvalue weighted by Gasteiger charge is -2.18. The molecule has 0 fully saturated rings. The maximum atomic E-state index is 3.88. The second-order valence-corrected chi connectivity index (χ2v) is 8.15. The molecule has 1 heterocycles. The highest BCUT2D eigenvalue weighted by Gasteiger charge is 2.22. The quantitative estimate of drug-likeness (QED) is 0.578. The van der Waals surface area contributed by atoms with Crippen LogP contribution in [0.3, 0.4) is 0 Å². The molecule has 1 aromatic carbocycles. The molecule has 1 aromatic heterocycles. The minimum atomic E-state index is 0.242. The molecule has 0 N–H and O–H groups in total. The Morgan fingerprint density at radius 3 is 2.16 bits per heavy atom. The van der Waals surface area contributed by atoms with Crippen LogP contribution in [0, 0.1) is 0 Å². The summed E-state index contributed by atoms with van der Waals surface area (Å²) in [7, 11) is 0. The number of rotatable bonds is 3. The Morgan fingerprint density at radius 1 is 1.00 bits per heavy atom. The zero-order chi connectivity index (χ0) is 14.0. The van der Waals surface area contributed by atoms with Crippen LogP contribution in [-0.4, -0.2) is 0 Å². The van der Waals surface area contributed by atoms with Crippen LogP contribution in [0.1, 0.15) is 53.8 Å². The molecule has 0 saturated heterocycles. The second-order valence-electron chi connectivity index (χ2n) is 6.05. The van der Waals surface area contributed by atoms with Gasteiger partial charge in [-0.1, -0.05) is 74.0 Å². The van der Waals surface area contributed by atoms with Crippen molar-refractivity contribution in [2.75, 3.05) is 0 Å². The van der Waals surface area contributed by atoms with Crippen molar-refractivity contribution in [3.05, 3.63) is 57.8 Å². The summed E-state index contributed by atoms with van der Waals surface area (Å²) >= 11 is 5.80. The van der Waals surface area contributed by atoms with Crippen molar-refractivity contribution in [2.24, 2.45) is 0 Å². The molecule has 0 aliphatic carbocycles. The van der Waals surface area contributed by atoms with Gasteiger partial charge in [-0.2, -0.15) is 0 Å². The standard InChI is InChI=1S/C17H21BrS/c1-12(13-8-6-5-7-9-13)16(18)14-10-11-15(19-14)17(2,3)4/h5-12,16H,1-4H3. The van der Waals surface area contributed by atoms with Crippen molar-refractivity contribution in [3.8, 4) is 0 Å². The Kier molecular flexibility index (Phi) is 4.52. The van der Waals surface area contributed by atoms with Gasteiger partial charge < -0.3 is 0 Å². The van der Waals surface area contributed by atoms with Crippen molar-refractivity contribution in [1.29, 1.82) is 0 Å². The summed E-state index contributed by atoms with van der Waals surface area (Å²) in [4.78, 5) is 3.25. The predicted molar refractivity (Wildman–Crippen MR) is 89.5 cm³/mol. The molecule has 2 aromatic rings. The lowest BCUT2D eigenvalue weighted by molar-refractivity contribution is 0.604. The van der Waals surface area contributed by atoms with E-state index in [1.807, 2.05) is 11.3 Å². The van der Waals surface area contributed by atoms with E-state index in [1.54, 1.807) is 0 Å². The van der Waals surface area contributed by atoms with Gasteiger partial charge in [0.1, 0.15) is 0 Å². The molecule has 2 atom stereocenters. The van der Waals surface area contributed by atoms with Crippen molar-refractivity contribution in [2.45, 2.75) is 43.9 Å². The summed E-state index contributed by atoms with van der Waals surface area (Å²) in [5, 5.41) is 0. The normalized spacial score (nSPS) is 15.2. The Morgan fingerprint density at radius 2 is 1.63 bits per heavy atom. The summed E-state index contributed by atoms with van der Waals surface area (Å²) in [6.45, 7) is 9.09. The fourth-order valence-corrected chi connectivity index (χ4v) is 3.96. The van der Waals surface area contributed by atoms with Gasteiger partial charge in [0.15, 0.2) is 0 Å². The van der Waals surface area contributed by atoms with Crippen molar-refractivity contribution >= 4 is 27.3 Å². The average Bonchev–Trinajstić information content (AvgIpc) is 2.87. The third-order valence-electron chi connectivity index (χ3n) is 3.40. The van der Waals surface area contributed by atoms with Gasteiger partial charge in [-0.3, -0.25) is 0 Å². The largest absolute Gasteiger partial charge is 0.144 e. The Labute approximate surface area is 129 Å². The van der Waals surface area contributed by atoms with E-state index in [-0.39, 0.29) is 5.41 Å². The number of thiophene rings is 1. The summed E-state index contributed by atoms with van der Waals surface area (Å²) in [6.07, 6.45) is 0. The Hall–Kier alpha value is -0.600. The van der Waals surface area contributed by atoms with Crippen LogP contribution in [0.5, 0.6) is 0 Å². The zero-order valence-corrected chi connectivity index (χ0v) is 14.4. The molecule has 2 unspecified atom stereocenters. The molecular formula is C17H21BrS. The van der Waals surface area contributed by atoms with Crippen molar-refractivity contribution < 1.29 is 0 Å². The highest BCUT2D eigenvalue weighted by Crippen LogP contribution is 2.42. The van der Waals surface area contributed by atoms with E-state index >= 15 is 0 Å². The van der Waals surface area contributed by atoms with Gasteiger partial charge in [-0.05, 0) is 29.0 Å². The SMILES string of the molecule is CC(c1ccccc1)C(Br)c1ccc(C(C)(C)C)s1. The molecule has 2 heteroatoms. The lowest BCUT2D eigenvalue weighted by Crippen LogP contribution is -2.07. The van der Waals surface area contributed by atoms with Crippen LogP contribution < -0.4 is 0 Å². The molecule has 0 aliphatic heterocycles. The summed E-state index contributed by atoms with van der Waals surface area (Å²) in [6, 6.07) is 15.2. The van der Waals surface area contributed by atoms with Crippen LogP contribution in [0.25, 0.3) is 0 Å². The number of benzene rings is 1. The van der Waals surface area contributed by atoms with Gasteiger partial charge in [0.05, 0.1) is 4.83 Å². The monoisotopic (exact) mass is 336 g/mol. The molecule has 0 nitrogen and oxygen atoms in total. The second kappa shape index (κ2) is 5.80. The smallest absolute Gasteiger partial charge is 0.0555 e. The number of hydrogen-bond donors (Lipinski definition) is 0. The molecule has 0 bridgehead atoms. The van der Waals surface area contributed by atoms with Gasteiger partial charge in [0.25, 0.3) is 0 Å². The molecule has 19 heavy (non-hydrogen) atoms. The number of hydrogen-bond acceptors (Lipinski definition) is 1. The fraction of sp³-hybridized carbons (Fsp3) is 0.412. The highest BCUT2D eigenvalue weighted by atomic mass is 79.9. The van der Waals surface area contributed by atoms with Crippen LogP contribution in [0.15, 0.2) is 42.5 Å². The fourth-order valence-electron chi connectivity index (χ4n) is 2.08. The lowest BCUT2D eigenvalue weighted by atomic mass is 9.94. The predicted octanol–water partition coefficient (Wildman–Crippen LogP) is 6.29. The maximum Gasteiger partial charge on any atom is 0.0555 e. The van der Waals surface area contributed by atoms with E-state index in [1.165, 1.54) is 15.3 Å². The minimum Gasteiger partial charge on any atom is -0.144 e. The van der Waals surface area contributed by atoms with E-state index in [2.05, 4.69) is 86.1 Å². The van der Waals surface area contributed by atoms with E-state index < -0.39 is 0 Å². The molecule has 0 amide bonds. The summed E-state index contributed by atoms with van der Waals surface area (Å²) < 4.78 is 0.